The molecular weight excluding hydrogens is 406 g/mol. The van der Waals surface area contributed by atoms with Crippen LogP contribution in [-0.2, 0) is 0 Å². The van der Waals surface area contributed by atoms with E-state index >= 15 is 0 Å². The second-order valence-electron chi connectivity index (χ2n) is 7.70. The second kappa shape index (κ2) is 9.55. The van der Waals surface area contributed by atoms with E-state index in [1.807, 2.05) is 66.4 Å². The smallest absolute Gasteiger partial charge is 0.265 e. The van der Waals surface area contributed by atoms with Crippen LogP contribution < -0.4 is 25.4 Å². The first-order valence-corrected chi connectivity index (χ1v) is 10.6. The van der Waals surface area contributed by atoms with Gasteiger partial charge in [0, 0.05) is 32.4 Å². The van der Waals surface area contributed by atoms with Gasteiger partial charge >= 0.3 is 0 Å². The number of H-pyrrole nitrogens is 1. The Morgan fingerprint density at radius 2 is 1.69 bits per heavy atom. The molecule has 4 rings (SSSR count). The van der Waals surface area contributed by atoms with E-state index in [9.17, 15) is 9.59 Å². The van der Waals surface area contributed by atoms with E-state index in [1.54, 1.807) is 7.11 Å². The number of amides is 1. The van der Waals surface area contributed by atoms with Gasteiger partial charge in [-0.2, -0.15) is 0 Å². The minimum atomic E-state index is -0.445. The van der Waals surface area contributed by atoms with Crippen LogP contribution in [0.5, 0.6) is 5.75 Å². The van der Waals surface area contributed by atoms with Gasteiger partial charge in [0.2, 0.25) is 5.95 Å². The predicted octanol–water partition coefficient (Wildman–Crippen LogP) is 2.60. The van der Waals surface area contributed by atoms with Gasteiger partial charge in [0.15, 0.2) is 0 Å². The summed E-state index contributed by atoms with van der Waals surface area (Å²) in [6.45, 7) is 4.79. The summed E-state index contributed by atoms with van der Waals surface area (Å²) in [4.78, 5) is 36.6. The van der Waals surface area contributed by atoms with Gasteiger partial charge in [0.25, 0.3) is 11.5 Å². The van der Waals surface area contributed by atoms with E-state index in [0.29, 0.717) is 19.0 Å². The number of nitrogens with one attached hydrogen (secondary N) is 2. The maximum atomic E-state index is 12.6. The van der Waals surface area contributed by atoms with Crippen molar-refractivity contribution in [3.8, 4) is 5.75 Å². The fourth-order valence-corrected chi connectivity index (χ4v) is 3.86. The van der Waals surface area contributed by atoms with Crippen molar-refractivity contribution in [3.63, 3.8) is 0 Å². The van der Waals surface area contributed by atoms with Gasteiger partial charge in [-0.25, -0.2) is 4.98 Å². The molecule has 1 amide bonds. The number of aromatic nitrogens is 2. The number of piperazine rings is 1. The number of rotatable bonds is 6. The van der Waals surface area contributed by atoms with Crippen LogP contribution in [0.4, 0.5) is 11.6 Å². The van der Waals surface area contributed by atoms with Crippen LogP contribution in [0.15, 0.2) is 65.6 Å². The molecule has 1 atom stereocenters. The molecule has 3 aromatic rings. The van der Waals surface area contributed by atoms with E-state index in [4.69, 9.17) is 4.74 Å². The largest absolute Gasteiger partial charge is 0.495 e. The van der Waals surface area contributed by atoms with Crippen molar-refractivity contribution in [3.05, 3.63) is 82.3 Å². The standard InChI is InChI=1S/C24H27N5O3/c1-17(18-8-4-3-5-9-18)26-22(30)19-16-25-24(27-23(19)31)29-14-12-28(13-15-29)20-10-6-7-11-21(20)32-2/h3-11,16-17H,12-15H2,1-2H3,(H,26,30)(H,25,27,31)/t17-/m0/s1. The molecule has 1 aromatic heterocycles. The molecule has 0 unspecified atom stereocenters. The van der Waals surface area contributed by atoms with E-state index < -0.39 is 11.5 Å². The zero-order chi connectivity index (χ0) is 22.5. The number of carbonyl (C=O) groups excluding carboxylic acids is 1. The lowest BCUT2D eigenvalue weighted by Gasteiger charge is -2.36. The molecule has 8 nitrogen and oxygen atoms in total. The summed E-state index contributed by atoms with van der Waals surface area (Å²) < 4.78 is 5.46. The molecule has 1 aliphatic rings. The summed E-state index contributed by atoms with van der Waals surface area (Å²) in [6, 6.07) is 17.3. The Bertz CT molecular complexity index is 1120. The number of benzene rings is 2. The van der Waals surface area contributed by atoms with Gasteiger partial charge in [-0.15, -0.1) is 0 Å². The number of ether oxygens (including phenoxy) is 1. The van der Waals surface area contributed by atoms with Gasteiger partial charge in [-0.1, -0.05) is 42.5 Å². The van der Waals surface area contributed by atoms with Crippen LogP contribution in [-0.4, -0.2) is 49.2 Å². The molecule has 0 saturated carbocycles. The number of para-hydroxylation sites is 2. The maximum absolute atomic E-state index is 12.6. The monoisotopic (exact) mass is 433 g/mol. The first kappa shape index (κ1) is 21.4. The van der Waals surface area contributed by atoms with Crippen LogP contribution in [0.1, 0.15) is 28.9 Å². The molecule has 0 aliphatic carbocycles. The molecule has 2 heterocycles. The fraction of sp³-hybridized carbons (Fsp3) is 0.292. The summed E-state index contributed by atoms with van der Waals surface area (Å²) in [7, 11) is 1.67. The molecule has 8 heteroatoms. The lowest BCUT2D eigenvalue weighted by molar-refractivity contribution is 0.0938. The molecule has 1 aliphatic heterocycles. The third-order valence-corrected chi connectivity index (χ3v) is 5.68. The summed E-state index contributed by atoms with van der Waals surface area (Å²) in [5, 5.41) is 2.86. The SMILES string of the molecule is COc1ccccc1N1CCN(c2ncc(C(=O)N[C@@H](C)c3ccccc3)c(=O)[nH]2)CC1. The molecule has 2 N–H and O–H groups in total. The topological polar surface area (TPSA) is 90.6 Å². The minimum Gasteiger partial charge on any atom is -0.495 e. The summed E-state index contributed by atoms with van der Waals surface area (Å²) in [6.07, 6.45) is 1.35. The quantitative estimate of drug-likeness (QED) is 0.621. The number of hydrogen-bond acceptors (Lipinski definition) is 6. The van der Waals surface area contributed by atoms with Crippen molar-refractivity contribution < 1.29 is 9.53 Å². The molecule has 1 fully saturated rings. The molecule has 166 valence electrons. The van der Waals surface area contributed by atoms with Gasteiger partial charge < -0.3 is 19.9 Å². The van der Waals surface area contributed by atoms with Crippen LogP contribution in [0.3, 0.4) is 0 Å². The van der Waals surface area contributed by atoms with Gasteiger partial charge in [-0.3, -0.25) is 14.6 Å². The highest BCUT2D eigenvalue weighted by atomic mass is 16.5. The zero-order valence-corrected chi connectivity index (χ0v) is 18.2. The lowest BCUT2D eigenvalue weighted by Crippen LogP contribution is -2.47. The zero-order valence-electron chi connectivity index (χ0n) is 18.2. The van der Waals surface area contributed by atoms with E-state index in [1.165, 1.54) is 6.20 Å². The van der Waals surface area contributed by atoms with E-state index in [2.05, 4.69) is 20.2 Å². The van der Waals surface area contributed by atoms with Crippen molar-refractivity contribution in [1.82, 2.24) is 15.3 Å². The highest BCUT2D eigenvalue weighted by molar-refractivity contribution is 5.93. The van der Waals surface area contributed by atoms with Crippen molar-refractivity contribution in [2.24, 2.45) is 0 Å². The number of nitrogens with zero attached hydrogens (tertiary/aromatic N) is 3. The first-order chi connectivity index (χ1) is 15.6. The van der Waals surface area contributed by atoms with Crippen LogP contribution in [0, 0.1) is 0 Å². The third-order valence-electron chi connectivity index (χ3n) is 5.68. The van der Waals surface area contributed by atoms with Crippen molar-refractivity contribution >= 4 is 17.5 Å². The lowest BCUT2D eigenvalue weighted by atomic mass is 10.1. The van der Waals surface area contributed by atoms with E-state index in [0.717, 1.165) is 30.1 Å². The molecule has 0 spiro atoms. The summed E-state index contributed by atoms with van der Waals surface area (Å²) >= 11 is 0. The van der Waals surface area contributed by atoms with Gasteiger partial charge in [0.05, 0.1) is 18.8 Å². The number of carbonyl (C=O) groups is 1. The Labute approximate surface area is 186 Å². The van der Waals surface area contributed by atoms with Crippen molar-refractivity contribution in [2.75, 3.05) is 43.1 Å². The Balaban J connectivity index is 1.40. The molecule has 0 bridgehead atoms. The average Bonchev–Trinajstić information content (AvgIpc) is 2.84. The number of aromatic amines is 1. The van der Waals surface area contributed by atoms with Gasteiger partial charge in [0.1, 0.15) is 11.3 Å². The summed E-state index contributed by atoms with van der Waals surface area (Å²) in [5.41, 5.74) is 1.58. The first-order valence-electron chi connectivity index (χ1n) is 10.6. The Hall–Kier alpha value is -3.81. The highest BCUT2D eigenvalue weighted by Gasteiger charge is 2.22. The minimum absolute atomic E-state index is 0.00388. The molecule has 1 saturated heterocycles. The average molecular weight is 434 g/mol. The molecule has 2 aromatic carbocycles. The second-order valence-corrected chi connectivity index (χ2v) is 7.70. The van der Waals surface area contributed by atoms with Crippen LogP contribution in [0.2, 0.25) is 0 Å². The van der Waals surface area contributed by atoms with Crippen molar-refractivity contribution in [1.29, 1.82) is 0 Å². The van der Waals surface area contributed by atoms with Gasteiger partial charge in [-0.05, 0) is 24.6 Å². The number of anilines is 2. The molecular formula is C24H27N5O3. The van der Waals surface area contributed by atoms with Crippen LogP contribution in [0.25, 0.3) is 0 Å². The van der Waals surface area contributed by atoms with E-state index in [-0.39, 0.29) is 11.6 Å². The summed E-state index contributed by atoms with van der Waals surface area (Å²) in [5.74, 6) is 0.873. The van der Waals surface area contributed by atoms with Crippen LogP contribution >= 0.6 is 0 Å². The number of hydrogen-bond donors (Lipinski definition) is 2. The fourth-order valence-electron chi connectivity index (χ4n) is 3.86. The highest BCUT2D eigenvalue weighted by Crippen LogP contribution is 2.28. The normalized spacial score (nSPS) is 14.7. The Morgan fingerprint density at radius 1 is 1.03 bits per heavy atom. The predicted molar refractivity (Wildman–Crippen MR) is 125 cm³/mol. The Morgan fingerprint density at radius 3 is 2.38 bits per heavy atom. The van der Waals surface area contributed by atoms with Crippen molar-refractivity contribution in [2.45, 2.75) is 13.0 Å². The third kappa shape index (κ3) is 4.59. The number of methoxy groups -OCH3 is 1. The Kier molecular flexibility index (Phi) is 6.39. The maximum Gasteiger partial charge on any atom is 0.265 e. The molecule has 32 heavy (non-hydrogen) atoms. The molecule has 0 radical (unpaired) electrons.